The van der Waals surface area contributed by atoms with Gasteiger partial charge in [-0.1, -0.05) is 31.5 Å². The number of carbonyl (C=O) groups excluding carboxylic acids is 1. The van der Waals surface area contributed by atoms with Crippen LogP contribution < -0.4 is 10.6 Å². The summed E-state index contributed by atoms with van der Waals surface area (Å²) in [5.41, 5.74) is 1.51. The number of hydrogen-bond acceptors (Lipinski definition) is 6. The first-order chi connectivity index (χ1) is 12.9. The molecule has 27 heavy (non-hydrogen) atoms. The zero-order chi connectivity index (χ0) is 19.0. The summed E-state index contributed by atoms with van der Waals surface area (Å²) in [4.78, 5) is 17.0. The van der Waals surface area contributed by atoms with Crippen LogP contribution in [0.25, 0.3) is 0 Å². The summed E-state index contributed by atoms with van der Waals surface area (Å²) in [6.07, 6.45) is 4.67. The molecule has 0 aromatic heterocycles. The van der Waals surface area contributed by atoms with E-state index in [4.69, 9.17) is 0 Å². The number of amides is 1. The summed E-state index contributed by atoms with van der Waals surface area (Å²) in [5, 5.41) is 7.19. The summed E-state index contributed by atoms with van der Waals surface area (Å²) in [7, 11) is -2.93. The molecule has 1 aromatic rings. The van der Waals surface area contributed by atoms with Gasteiger partial charge in [-0.25, -0.2) is 8.42 Å². The van der Waals surface area contributed by atoms with Crippen molar-refractivity contribution in [3.8, 4) is 0 Å². The molecule has 1 aromatic carbocycles. The number of benzene rings is 1. The Balaban J connectivity index is 1.35. The van der Waals surface area contributed by atoms with Crippen LogP contribution in [0.3, 0.4) is 0 Å². The molecule has 4 atom stereocenters. The van der Waals surface area contributed by atoms with Crippen molar-refractivity contribution in [1.29, 1.82) is 0 Å². The number of carbonyl (C=O) groups is 1. The molecule has 0 spiro atoms. The minimum absolute atomic E-state index is 0.0207. The van der Waals surface area contributed by atoms with E-state index >= 15 is 0 Å². The number of fused-ring (bicyclic) bond motifs is 1. The lowest BCUT2D eigenvalue weighted by molar-refractivity contribution is 0.0910. The van der Waals surface area contributed by atoms with Crippen molar-refractivity contribution in [2.45, 2.75) is 49.9 Å². The first-order valence-electron chi connectivity index (χ1n) is 9.52. The molecule has 3 aliphatic rings. The van der Waals surface area contributed by atoms with Crippen LogP contribution in [0, 0.1) is 5.92 Å². The number of nitrogens with zero attached hydrogens (tertiary/aromatic N) is 1. The van der Waals surface area contributed by atoms with Crippen LogP contribution >= 0.6 is 11.8 Å². The third-order valence-corrected chi connectivity index (χ3v) is 8.79. The summed E-state index contributed by atoms with van der Waals surface area (Å²) >= 11 is 1.49. The Morgan fingerprint density at radius 3 is 2.59 bits per heavy atom. The molecule has 2 heterocycles. The number of rotatable bonds is 3. The average molecular weight is 408 g/mol. The van der Waals surface area contributed by atoms with E-state index < -0.39 is 9.84 Å². The number of thioether (sulfide) groups is 1. The average Bonchev–Trinajstić information content (AvgIpc) is 3.10. The lowest BCUT2D eigenvalue weighted by Gasteiger charge is -2.29. The molecule has 4 rings (SSSR count). The molecule has 2 fully saturated rings. The standard InChI is InChI=1S/C19H25N3O3S2/c1-12-4-2-3-5-15(12)21-18(23)13-6-8-14(9-7-13)20-19-22-16-10-27(24,25)11-17(16)26-19/h6-9,12,15-17H,2-5,10-11H2,1H3,(H,20,22)(H,21,23)/t12?,15?,16-,17+/m1/s1. The Hall–Kier alpha value is -1.54. The molecule has 6 nitrogen and oxygen atoms in total. The second kappa shape index (κ2) is 7.47. The van der Waals surface area contributed by atoms with Gasteiger partial charge in [0.1, 0.15) is 0 Å². The molecule has 2 unspecified atom stereocenters. The van der Waals surface area contributed by atoms with E-state index in [1.54, 1.807) is 0 Å². The van der Waals surface area contributed by atoms with Crippen molar-refractivity contribution >= 4 is 38.4 Å². The quantitative estimate of drug-likeness (QED) is 0.804. The monoisotopic (exact) mass is 407 g/mol. The maximum Gasteiger partial charge on any atom is 0.251 e. The zero-order valence-electron chi connectivity index (χ0n) is 15.3. The molecule has 1 saturated heterocycles. The third-order valence-electron chi connectivity index (χ3n) is 5.64. The molecule has 0 bridgehead atoms. The molecule has 0 radical (unpaired) electrons. The van der Waals surface area contributed by atoms with Crippen molar-refractivity contribution in [2.75, 3.05) is 16.8 Å². The molecule has 146 valence electrons. The van der Waals surface area contributed by atoms with Crippen molar-refractivity contribution in [3.63, 3.8) is 0 Å². The van der Waals surface area contributed by atoms with Gasteiger partial charge in [0.15, 0.2) is 15.0 Å². The maximum atomic E-state index is 12.5. The minimum Gasteiger partial charge on any atom is -0.349 e. The second-order valence-corrected chi connectivity index (χ2v) is 11.2. The topological polar surface area (TPSA) is 87.6 Å². The van der Waals surface area contributed by atoms with E-state index in [1.165, 1.54) is 31.0 Å². The number of aliphatic imine (C=N–C) groups is 1. The number of nitrogens with one attached hydrogen (secondary N) is 2. The fourth-order valence-corrected chi connectivity index (χ4v) is 7.70. The van der Waals surface area contributed by atoms with Crippen molar-refractivity contribution in [1.82, 2.24) is 5.32 Å². The van der Waals surface area contributed by atoms with E-state index in [1.807, 2.05) is 24.3 Å². The number of sulfone groups is 1. The Morgan fingerprint density at radius 1 is 1.15 bits per heavy atom. The van der Waals surface area contributed by atoms with Gasteiger partial charge in [0.25, 0.3) is 5.91 Å². The summed E-state index contributed by atoms with van der Waals surface area (Å²) in [6, 6.07) is 7.50. The highest BCUT2D eigenvalue weighted by Gasteiger charge is 2.42. The Bertz CT molecular complexity index is 851. The Labute approximate surface area is 164 Å². The predicted octanol–water partition coefficient (Wildman–Crippen LogP) is 2.68. The fraction of sp³-hybridized carbons (Fsp3) is 0.579. The normalized spacial score (nSPS) is 31.8. The van der Waals surface area contributed by atoms with Gasteiger partial charge in [-0.15, -0.1) is 0 Å². The van der Waals surface area contributed by atoms with Crippen LogP contribution in [0.1, 0.15) is 43.0 Å². The molecular formula is C19H25N3O3S2. The first kappa shape index (κ1) is 18.8. The number of anilines is 1. The predicted molar refractivity (Wildman–Crippen MR) is 110 cm³/mol. The van der Waals surface area contributed by atoms with Crippen LogP contribution in [-0.4, -0.2) is 48.3 Å². The van der Waals surface area contributed by atoms with Crippen molar-refractivity contribution in [3.05, 3.63) is 29.8 Å². The van der Waals surface area contributed by atoms with Gasteiger partial charge in [-0.2, -0.15) is 0 Å². The lowest BCUT2D eigenvalue weighted by Crippen LogP contribution is -2.41. The van der Waals surface area contributed by atoms with Crippen LogP contribution in [0.4, 0.5) is 5.69 Å². The van der Waals surface area contributed by atoms with Crippen LogP contribution in [0.15, 0.2) is 29.3 Å². The second-order valence-electron chi connectivity index (χ2n) is 7.78. The van der Waals surface area contributed by atoms with E-state index in [0.717, 1.165) is 17.3 Å². The fourth-order valence-electron chi connectivity index (χ4n) is 4.03. The largest absolute Gasteiger partial charge is 0.349 e. The van der Waals surface area contributed by atoms with Crippen LogP contribution in [-0.2, 0) is 9.84 Å². The van der Waals surface area contributed by atoms with Gasteiger partial charge < -0.3 is 10.6 Å². The maximum absolute atomic E-state index is 12.5. The molecule has 1 aliphatic carbocycles. The Morgan fingerprint density at radius 2 is 1.89 bits per heavy atom. The highest BCUT2D eigenvalue weighted by molar-refractivity contribution is 8.15. The molecule has 1 saturated carbocycles. The highest BCUT2D eigenvalue weighted by atomic mass is 32.2. The zero-order valence-corrected chi connectivity index (χ0v) is 17.0. The third kappa shape index (κ3) is 4.32. The smallest absolute Gasteiger partial charge is 0.251 e. The van der Waals surface area contributed by atoms with E-state index in [2.05, 4.69) is 22.5 Å². The van der Waals surface area contributed by atoms with Gasteiger partial charge in [-0.3, -0.25) is 9.79 Å². The van der Waals surface area contributed by atoms with Gasteiger partial charge >= 0.3 is 0 Å². The first-order valence-corrected chi connectivity index (χ1v) is 12.2. The molecular weight excluding hydrogens is 382 g/mol. The lowest BCUT2D eigenvalue weighted by atomic mass is 9.86. The SMILES string of the molecule is CC1CCCCC1NC(=O)c1ccc(NC2=N[C@@H]3CS(=O)(=O)C[C@@H]3S2)cc1. The van der Waals surface area contributed by atoms with Crippen molar-refractivity contribution in [2.24, 2.45) is 10.9 Å². The van der Waals surface area contributed by atoms with Gasteiger partial charge in [0.05, 0.1) is 17.5 Å². The van der Waals surface area contributed by atoms with Crippen LogP contribution in [0.5, 0.6) is 0 Å². The van der Waals surface area contributed by atoms with Gasteiger partial charge in [0, 0.05) is 22.5 Å². The van der Waals surface area contributed by atoms with Crippen LogP contribution in [0.2, 0.25) is 0 Å². The minimum atomic E-state index is -2.93. The van der Waals surface area contributed by atoms with E-state index in [0.29, 0.717) is 11.5 Å². The van der Waals surface area contributed by atoms with E-state index in [9.17, 15) is 13.2 Å². The molecule has 8 heteroatoms. The molecule has 1 amide bonds. The summed E-state index contributed by atoms with van der Waals surface area (Å²) in [5.74, 6) is 0.862. The van der Waals surface area contributed by atoms with Gasteiger partial charge in [0.2, 0.25) is 0 Å². The molecule has 2 aliphatic heterocycles. The summed E-state index contributed by atoms with van der Waals surface area (Å²) < 4.78 is 23.3. The highest BCUT2D eigenvalue weighted by Crippen LogP contribution is 2.34. The van der Waals surface area contributed by atoms with E-state index in [-0.39, 0.29) is 34.7 Å². The van der Waals surface area contributed by atoms with Gasteiger partial charge in [-0.05, 0) is 43.0 Å². The Kier molecular flexibility index (Phi) is 5.20. The number of hydrogen-bond donors (Lipinski definition) is 2. The molecule has 2 N–H and O–H groups in total. The summed E-state index contributed by atoms with van der Waals surface area (Å²) in [6.45, 7) is 2.21. The van der Waals surface area contributed by atoms with Crippen molar-refractivity contribution < 1.29 is 13.2 Å². The number of amidine groups is 1.